The second-order valence-electron chi connectivity index (χ2n) is 13.0. The van der Waals surface area contributed by atoms with Crippen molar-refractivity contribution in [1.82, 2.24) is 0 Å². The van der Waals surface area contributed by atoms with Gasteiger partial charge in [0.15, 0.2) is 69.8 Å². The summed E-state index contributed by atoms with van der Waals surface area (Å²) in [7, 11) is -7.62. The van der Waals surface area contributed by atoms with Crippen LogP contribution in [-0.2, 0) is 0 Å². The normalized spacial score (nSPS) is 12.7. The molecule has 0 saturated carbocycles. The van der Waals surface area contributed by atoms with E-state index in [0.29, 0.717) is 0 Å². The van der Waals surface area contributed by atoms with Gasteiger partial charge in [-0.1, -0.05) is 30.3 Å². The zero-order valence-corrected chi connectivity index (χ0v) is 31.4. The number of ketones is 1. The Hall–Kier alpha value is -5.77. The zero-order chi connectivity index (χ0) is 51.8. The third kappa shape index (κ3) is 8.16. The molecule has 0 amide bonds. The number of carbonyl (C=O) groups is 1. The van der Waals surface area contributed by atoms with Gasteiger partial charge in [-0.15, -0.1) is 61.4 Å². The minimum absolute atomic E-state index is 0.648. The van der Waals surface area contributed by atoms with E-state index in [-0.39, 0.29) is 0 Å². The summed E-state index contributed by atoms with van der Waals surface area (Å²) in [5.74, 6) is -93.1. The number of alkyl halides is 9. The molecule has 0 aliphatic rings. The maximum Gasteiger partial charge on any atom is 0.529 e. The Bertz CT molecular complexity index is 2380. The number of carbonyl (C=O) groups excluding carboxylic acids is 1. The van der Waals surface area contributed by atoms with Crippen molar-refractivity contribution in [2.24, 2.45) is 0 Å². The molecular weight excluding hydrogens is 1030 g/mol. The van der Waals surface area contributed by atoms with E-state index in [1.165, 1.54) is 6.07 Å². The maximum absolute atomic E-state index is 15.4. The van der Waals surface area contributed by atoms with E-state index in [2.05, 4.69) is 0 Å². The van der Waals surface area contributed by atoms with Gasteiger partial charge in [0, 0.05) is 5.56 Å². The first-order chi connectivity index (χ1) is 30.4. The highest BCUT2D eigenvalue weighted by Gasteiger charge is 2.93. The fourth-order valence-corrected chi connectivity index (χ4v) is 8.52. The topological polar surface area (TPSA) is 17.1 Å². The molecule has 0 N–H and O–H groups in total. The highest BCUT2D eigenvalue weighted by molar-refractivity contribution is 7.79. The van der Waals surface area contributed by atoms with Crippen molar-refractivity contribution in [2.45, 2.75) is 17.8 Å². The first-order valence-electron chi connectivity index (χ1n) is 16.3. The van der Waals surface area contributed by atoms with Crippen molar-refractivity contribution in [3.63, 3.8) is 0 Å². The molecular formula is C35H7BF29OP. The Morgan fingerprint density at radius 2 is 0.507 bits per heavy atom. The van der Waals surface area contributed by atoms with Gasteiger partial charge < -0.3 is 0 Å². The lowest BCUT2D eigenvalue weighted by atomic mass is 9.12. The first-order valence-corrected chi connectivity index (χ1v) is 18.3. The fourth-order valence-electron chi connectivity index (χ4n) is 6.51. The molecule has 32 heteroatoms. The standard InChI is InChI=1S/C24BF20.C11H7F9OP/c26-5-1(6(27)14(35)21(42)13(5)34)25(2-7(28)15(36)22(43)16(37)8(2)29,3-9(30)17(38)23(44)18(39)10(3)31)4-11(32)19(40)24(45)20(41)12(4)33;12-9(13,14)22(10(15,16)17,11(18,19)20)6-8(21)7-4-2-1-3-5-7/h;1-5H,6H2/q-1;+1. The molecule has 0 aliphatic heterocycles. The predicted octanol–water partition coefficient (Wildman–Crippen LogP) is 11.3. The summed E-state index contributed by atoms with van der Waals surface area (Å²) >= 11 is 0. The van der Waals surface area contributed by atoms with Crippen molar-refractivity contribution in [1.29, 1.82) is 0 Å². The Balaban J connectivity index is 0.000000374. The van der Waals surface area contributed by atoms with E-state index in [1.807, 2.05) is 0 Å². The van der Waals surface area contributed by atoms with Crippen LogP contribution in [0.25, 0.3) is 0 Å². The maximum atomic E-state index is 15.4. The molecule has 5 aromatic carbocycles. The molecule has 5 rings (SSSR count). The van der Waals surface area contributed by atoms with Crippen LogP contribution in [-0.4, -0.2) is 35.8 Å². The van der Waals surface area contributed by atoms with Crippen LogP contribution in [0.4, 0.5) is 127 Å². The van der Waals surface area contributed by atoms with Crippen molar-refractivity contribution in [3.8, 4) is 0 Å². The van der Waals surface area contributed by atoms with Gasteiger partial charge in [0.25, 0.3) is 0 Å². The zero-order valence-electron chi connectivity index (χ0n) is 30.5. The molecule has 1 nitrogen and oxygen atoms in total. The number of Topliss-reactive ketones (excluding diaryl/α,β-unsaturated/α-hetero) is 1. The molecule has 0 unspecified atom stereocenters. The van der Waals surface area contributed by atoms with E-state index in [0.717, 1.165) is 24.3 Å². The minimum atomic E-state index is -7.62. The molecule has 0 radical (unpaired) electrons. The lowest BCUT2D eigenvalue weighted by Crippen LogP contribution is -2.81. The third-order valence-electron chi connectivity index (χ3n) is 9.48. The van der Waals surface area contributed by atoms with Gasteiger partial charge in [-0.3, -0.25) is 4.79 Å². The third-order valence-corrected chi connectivity index (χ3v) is 12.8. The van der Waals surface area contributed by atoms with Gasteiger partial charge in [-0.05, 0) is 0 Å². The molecule has 5 aromatic rings. The highest BCUT2D eigenvalue weighted by atomic mass is 31.2. The molecule has 0 bridgehead atoms. The quantitative estimate of drug-likeness (QED) is 0.0397. The lowest BCUT2D eigenvalue weighted by Gasteiger charge is -2.44. The second kappa shape index (κ2) is 18.0. The molecule has 364 valence electrons. The molecule has 0 heterocycles. The fraction of sp³-hybridized carbons (Fsp3) is 0.114. The Morgan fingerprint density at radius 3 is 0.687 bits per heavy atom. The molecule has 67 heavy (non-hydrogen) atoms. The van der Waals surface area contributed by atoms with Crippen LogP contribution in [0.5, 0.6) is 0 Å². The molecule has 0 atom stereocenters. The van der Waals surface area contributed by atoms with Gasteiger partial charge in [-0.2, -0.15) is 0 Å². The average Bonchev–Trinajstić information content (AvgIpc) is 3.24. The van der Waals surface area contributed by atoms with Crippen molar-refractivity contribution < 1.29 is 132 Å². The van der Waals surface area contributed by atoms with Crippen LogP contribution in [0.15, 0.2) is 30.3 Å². The van der Waals surface area contributed by atoms with Crippen LogP contribution >= 0.6 is 7.26 Å². The summed E-state index contributed by atoms with van der Waals surface area (Å²) in [4.78, 5) is 11.5. The van der Waals surface area contributed by atoms with Gasteiger partial charge in [0.2, 0.25) is 5.78 Å². The van der Waals surface area contributed by atoms with E-state index >= 15 is 35.1 Å². The lowest BCUT2D eigenvalue weighted by molar-refractivity contribution is -0.131. The number of rotatable bonds is 7. The van der Waals surface area contributed by atoms with Crippen molar-refractivity contribution in [3.05, 3.63) is 152 Å². The Labute approximate surface area is 349 Å². The average molecular weight is 1040 g/mol. The predicted molar refractivity (Wildman–Crippen MR) is 170 cm³/mol. The van der Waals surface area contributed by atoms with Gasteiger partial charge in [0.05, 0.1) is 0 Å². The smallest absolute Gasteiger partial charge is 0.290 e. The van der Waals surface area contributed by atoms with Crippen molar-refractivity contribution in [2.75, 3.05) is 6.16 Å². The molecule has 0 spiro atoms. The first kappa shape index (κ1) is 53.8. The Kier molecular flexibility index (Phi) is 14.5. The summed E-state index contributed by atoms with van der Waals surface area (Å²) < 4.78 is 408. The van der Waals surface area contributed by atoms with Crippen LogP contribution in [0.3, 0.4) is 0 Å². The van der Waals surface area contributed by atoms with Crippen LogP contribution in [0, 0.1) is 116 Å². The van der Waals surface area contributed by atoms with Crippen LogP contribution < -0.4 is 21.9 Å². The highest BCUT2D eigenvalue weighted by Crippen LogP contribution is 2.87. The van der Waals surface area contributed by atoms with E-state index in [9.17, 15) is 97.0 Å². The summed E-state index contributed by atoms with van der Waals surface area (Å²) in [6.07, 6.45) is -9.90. The molecule has 0 aliphatic carbocycles. The number of benzene rings is 5. The van der Waals surface area contributed by atoms with Crippen LogP contribution in [0.2, 0.25) is 0 Å². The van der Waals surface area contributed by atoms with Crippen LogP contribution in [0.1, 0.15) is 10.4 Å². The number of hydrogen-bond donors (Lipinski definition) is 0. The van der Waals surface area contributed by atoms with Gasteiger partial charge in [0.1, 0.15) is 58.8 Å². The van der Waals surface area contributed by atoms with Gasteiger partial charge >= 0.3 is 25.0 Å². The second-order valence-corrected chi connectivity index (χ2v) is 16.4. The van der Waals surface area contributed by atoms with E-state index < -0.39 is 187 Å². The van der Waals surface area contributed by atoms with Crippen molar-refractivity contribution >= 4 is 41.0 Å². The largest absolute Gasteiger partial charge is 0.529 e. The minimum Gasteiger partial charge on any atom is -0.290 e. The molecule has 0 aromatic heterocycles. The summed E-state index contributed by atoms with van der Waals surface area (Å²) in [5.41, 5.74) is -15.0. The number of hydrogen-bond acceptors (Lipinski definition) is 1. The summed E-state index contributed by atoms with van der Waals surface area (Å²) in [6.45, 7) is 0. The SMILES string of the molecule is Fc1c(F)c(F)c([B-](c2c(F)c(F)c(F)c(F)c2F)(c2c(F)c(F)c(F)c(F)c2F)c2c(F)c(F)c(F)c(F)c2F)c(F)c1F.O=C(C[P+](C(F)(F)F)(C(F)(F)F)C(F)(F)F)c1ccccc1. The van der Waals surface area contributed by atoms with E-state index in [4.69, 9.17) is 0 Å². The number of halogens is 29. The van der Waals surface area contributed by atoms with Gasteiger partial charge in [-0.25, -0.2) is 87.8 Å². The summed E-state index contributed by atoms with van der Waals surface area (Å²) in [5, 5.41) is 0. The monoisotopic (exact) mass is 1040 g/mol. The van der Waals surface area contributed by atoms with E-state index in [1.54, 1.807) is 0 Å². The molecule has 0 fully saturated rings. The molecule has 0 saturated heterocycles. The summed E-state index contributed by atoms with van der Waals surface area (Å²) in [6, 6.07) is 5.22. The Morgan fingerprint density at radius 1 is 0.328 bits per heavy atom.